The summed E-state index contributed by atoms with van der Waals surface area (Å²) in [5.41, 5.74) is 1.09. The molecule has 1 fully saturated rings. The van der Waals surface area contributed by atoms with Gasteiger partial charge >= 0.3 is 0 Å². The number of fused-ring (bicyclic) bond motifs is 1. The highest BCUT2D eigenvalue weighted by Crippen LogP contribution is 2.34. The molecule has 3 aromatic rings. The molecular weight excluding hydrogens is 364 g/mol. The molecule has 1 N–H and O–H groups in total. The summed E-state index contributed by atoms with van der Waals surface area (Å²) in [5.74, 6) is 0.908. The molecule has 0 spiro atoms. The lowest BCUT2D eigenvalue weighted by molar-refractivity contribution is 0.0955. The second-order valence-corrected chi connectivity index (χ2v) is 8.03. The van der Waals surface area contributed by atoms with Crippen LogP contribution in [-0.4, -0.2) is 35.2 Å². The molecule has 0 atom stereocenters. The van der Waals surface area contributed by atoms with Gasteiger partial charge in [0.1, 0.15) is 10.6 Å². The van der Waals surface area contributed by atoms with Crippen LogP contribution in [0.2, 0.25) is 0 Å². The van der Waals surface area contributed by atoms with Crippen molar-refractivity contribution in [3.8, 4) is 0 Å². The second kappa shape index (κ2) is 7.63. The van der Waals surface area contributed by atoms with E-state index in [1.807, 2.05) is 42.7 Å². The third kappa shape index (κ3) is 3.54. The quantitative estimate of drug-likeness (QED) is 0.533. The van der Waals surface area contributed by atoms with Crippen LogP contribution in [0, 0.1) is 0 Å². The Kier molecular flexibility index (Phi) is 5.08. The Morgan fingerprint density at radius 1 is 1.23 bits per heavy atom. The van der Waals surface area contributed by atoms with E-state index in [4.69, 9.17) is 4.98 Å². The van der Waals surface area contributed by atoms with Gasteiger partial charge in [-0.3, -0.25) is 4.79 Å². The van der Waals surface area contributed by atoms with Gasteiger partial charge in [0.05, 0.1) is 10.3 Å². The summed E-state index contributed by atoms with van der Waals surface area (Å²) in [6.45, 7) is 2.56. The maximum absolute atomic E-state index is 12.6. The molecular formula is C19H20N4OS2. The van der Waals surface area contributed by atoms with Gasteiger partial charge in [-0.05, 0) is 30.7 Å². The van der Waals surface area contributed by atoms with E-state index in [2.05, 4.69) is 15.2 Å². The smallest absolute Gasteiger partial charge is 0.261 e. The van der Waals surface area contributed by atoms with Crippen LogP contribution >= 0.6 is 23.1 Å². The fourth-order valence-corrected chi connectivity index (χ4v) is 4.49. The average Bonchev–Trinajstić information content (AvgIpc) is 3.35. The Balaban J connectivity index is 1.61. The number of thiophene rings is 1. The maximum Gasteiger partial charge on any atom is 0.261 e. The van der Waals surface area contributed by atoms with Crippen LogP contribution < -0.4 is 10.2 Å². The second-order valence-electron chi connectivity index (χ2n) is 6.23. The molecule has 2 aromatic heterocycles. The lowest BCUT2D eigenvalue weighted by Crippen LogP contribution is -2.21. The third-order valence-corrected chi connectivity index (χ3v) is 6.04. The average molecular weight is 385 g/mol. The topological polar surface area (TPSA) is 58.1 Å². The van der Waals surface area contributed by atoms with E-state index in [0.29, 0.717) is 11.4 Å². The van der Waals surface area contributed by atoms with Gasteiger partial charge < -0.3 is 10.2 Å². The summed E-state index contributed by atoms with van der Waals surface area (Å²) in [6, 6.07) is 11.9. The largest absolute Gasteiger partial charge is 0.356 e. The standard InChI is InChI=1S/C19H20N4OS2/c1-25-19-21-16(23-9-5-6-10-23)14-11-15(26-18(14)22-19)17(24)20-12-13-7-3-2-4-8-13/h2-4,7-8,11H,5-6,9-10,12H2,1H3,(H,20,24). The number of nitrogens with one attached hydrogen (secondary N) is 1. The molecule has 0 radical (unpaired) electrons. The summed E-state index contributed by atoms with van der Waals surface area (Å²) in [4.78, 5) is 25.8. The zero-order valence-corrected chi connectivity index (χ0v) is 16.2. The predicted molar refractivity (Wildman–Crippen MR) is 108 cm³/mol. The number of hydrogen-bond donors (Lipinski definition) is 1. The van der Waals surface area contributed by atoms with Crippen LogP contribution in [-0.2, 0) is 6.54 Å². The summed E-state index contributed by atoms with van der Waals surface area (Å²) in [5, 5.41) is 4.75. The van der Waals surface area contributed by atoms with E-state index in [9.17, 15) is 4.79 Å². The lowest BCUT2D eigenvalue weighted by atomic mass is 10.2. The molecule has 0 aliphatic carbocycles. The van der Waals surface area contributed by atoms with Gasteiger partial charge in [-0.25, -0.2) is 9.97 Å². The zero-order valence-electron chi connectivity index (χ0n) is 14.6. The molecule has 3 heterocycles. The fourth-order valence-electron chi connectivity index (χ4n) is 3.13. The van der Waals surface area contributed by atoms with Crippen LogP contribution in [0.4, 0.5) is 5.82 Å². The van der Waals surface area contributed by atoms with E-state index < -0.39 is 0 Å². The lowest BCUT2D eigenvalue weighted by Gasteiger charge is -2.17. The molecule has 0 unspecified atom stereocenters. The molecule has 1 aromatic carbocycles. The number of hydrogen-bond acceptors (Lipinski definition) is 6. The van der Waals surface area contributed by atoms with E-state index >= 15 is 0 Å². The van der Waals surface area contributed by atoms with Crippen molar-refractivity contribution >= 4 is 45.0 Å². The van der Waals surface area contributed by atoms with Crippen LogP contribution in [0.3, 0.4) is 0 Å². The molecule has 0 saturated carbocycles. The molecule has 1 aliphatic heterocycles. The zero-order chi connectivity index (χ0) is 17.9. The number of rotatable bonds is 5. The van der Waals surface area contributed by atoms with Crippen LogP contribution in [0.15, 0.2) is 41.6 Å². The normalized spacial score (nSPS) is 14.1. The Morgan fingerprint density at radius 2 is 2.00 bits per heavy atom. The van der Waals surface area contributed by atoms with Crippen molar-refractivity contribution in [3.05, 3.63) is 46.8 Å². The van der Waals surface area contributed by atoms with Gasteiger partial charge in [-0.1, -0.05) is 42.1 Å². The van der Waals surface area contributed by atoms with E-state index in [-0.39, 0.29) is 5.91 Å². The molecule has 1 saturated heterocycles. The van der Waals surface area contributed by atoms with Crippen molar-refractivity contribution in [2.75, 3.05) is 24.2 Å². The Hall–Kier alpha value is -2.12. The van der Waals surface area contributed by atoms with E-state index in [0.717, 1.165) is 39.8 Å². The molecule has 1 aliphatic rings. The summed E-state index contributed by atoms with van der Waals surface area (Å²) >= 11 is 2.98. The van der Waals surface area contributed by atoms with Gasteiger partial charge in [0.15, 0.2) is 5.16 Å². The van der Waals surface area contributed by atoms with Crippen molar-refractivity contribution in [2.24, 2.45) is 0 Å². The Labute approximate surface area is 160 Å². The van der Waals surface area contributed by atoms with Crippen molar-refractivity contribution in [1.29, 1.82) is 0 Å². The highest BCUT2D eigenvalue weighted by atomic mass is 32.2. The van der Waals surface area contributed by atoms with Crippen molar-refractivity contribution in [1.82, 2.24) is 15.3 Å². The molecule has 134 valence electrons. The number of amides is 1. The minimum Gasteiger partial charge on any atom is -0.356 e. The number of benzene rings is 1. The van der Waals surface area contributed by atoms with Gasteiger partial charge in [-0.15, -0.1) is 11.3 Å². The van der Waals surface area contributed by atoms with Crippen molar-refractivity contribution < 1.29 is 4.79 Å². The number of nitrogens with zero attached hydrogens (tertiary/aromatic N) is 3. The summed E-state index contributed by atoms with van der Waals surface area (Å²) < 4.78 is 0. The summed E-state index contributed by atoms with van der Waals surface area (Å²) in [7, 11) is 0. The fraction of sp³-hybridized carbons (Fsp3) is 0.316. The Morgan fingerprint density at radius 3 is 2.73 bits per heavy atom. The molecule has 0 bridgehead atoms. The van der Waals surface area contributed by atoms with Gasteiger partial charge in [-0.2, -0.15) is 0 Å². The van der Waals surface area contributed by atoms with Gasteiger partial charge in [0, 0.05) is 19.6 Å². The SMILES string of the molecule is CSc1nc(N2CCCC2)c2cc(C(=O)NCc3ccccc3)sc2n1. The number of anilines is 1. The van der Waals surface area contributed by atoms with Gasteiger partial charge in [0.25, 0.3) is 5.91 Å². The molecule has 4 rings (SSSR count). The first-order valence-corrected chi connectivity index (χ1v) is 10.7. The molecule has 1 amide bonds. The number of aromatic nitrogens is 2. The van der Waals surface area contributed by atoms with Gasteiger partial charge in [0.2, 0.25) is 0 Å². The van der Waals surface area contributed by atoms with Crippen LogP contribution in [0.5, 0.6) is 0 Å². The minimum absolute atomic E-state index is 0.0603. The third-order valence-electron chi connectivity index (χ3n) is 4.46. The maximum atomic E-state index is 12.6. The molecule has 5 nitrogen and oxygen atoms in total. The van der Waals surface area contributed by atoms with Crippen molar-refractivity contribution in [3.63, 3.8) is 0 Å². The van der Waals surface area contributed by atoms with Crippen molar-refractivity contribution in [2.45, 2.75) is 24.5 Å². The molecule has 7 heteroatoms. The minimum atomic E-state index is -0.0603. The first kappa shape index (κ1) is 17.3. The van der Waals surface area contributed by atoms with Crippen LogP contribution in [0.25, 0.3) is 10.2 Å². The number of carbonyl (C=O) groups excluding carboxylic acids is 1. The molecule has 26 heavy (non-hydrogen) atoms. The first-order chi connectivity index (χ1) is 12.7. The predicted octanol–water partition coefficient (Wildman–Crippen LogP) is 3.94. The summed E-state index contributed by atoms with van der Waals surface area (Å²) in [6.07, 6.45) is 4.36. The first-order valence-electron chi connectivity index (χ1n) is 8.67. The monoisotopic (exact) mass is 384 g/mol. The highest BCUT2D eigenvalue weighted by Gasteiger charge is 2.21. The highest BCUT2D eigenvalue weighted by molar-refractivity contribution is 7.98. The van der Waals surface area contributed by atoms with Crippen LogP contribution in [0.1, 0.15) is 28.1 Å². The number of carbonyl (C=O) groups is 1. The number of thioether (sulfide) groups is 1. The van der Waals surface area contributed by atoms with E-state index in [1.54, 1.807) is 0 Å². The van der Waals surface area contributed by atoms with E-state index in [1.165, 1.54) is 35.9 Å². The Bertz CT molecular complexity index is 920.